The van der Waals surface area contributed by atoms with Gasteiger partial charge in [-0.25, -0.2) is 9.36 Å². The number of aromatic nitrogens is 2. The SMILES string of the molecule is CC(=O)OC1C2OP(=O)(OCc3ccccc3)OCC2OC1n1ccc(=O)[nH]c1=O. The first-order chi connectivity index (χ1) is 14.3. The Balaban J connectivity index is 1.56. The standard InChI is InChI=1S/C18H19N2O9P/c1-11(21)27-16-15-13(28-17(16)20-8-7-14(22)19-18(20)23)10-26-30(24,29-15)25-9-12-5-3-2-4-6-12/h2-8,13,15-17H,9-10H2,1H3,(H,19,22,23). The summed E-state index contributed by atoms with van der Waals surface area (Å²) < 4.78 is 41.4. The van der Waals surface area contributed by atoms with Crippen molar-refractivity contribution in [3.8, 4) is 0 Å². The van der Waals surface area contributed by atoms with Gasteiger partial charge >= 0.3 is 19.5 Å². The molecule has 3 heterocycles. The summed E-state index contributed by atoms with van der Waals surface area (Å²) in [5.41, 5.74) is -0.583. The zero-order valence-corrected chi connectivity index (χ0v) is 16.7. The highest BCUT2D eigenvalue weighted by molar-refractivity contribution is 7.48. The van der Waals surface area contributed by atoms with Gasteiger partial charge in [0.25, 0.3) is 5.56 Å². The number of esters is 1. The van der Waals surface area contributed by atoms with Crippen LogP contribution in [0.4, 0.5) is 0 Å². The number of aromatic amines is 1. The Bertz CT molecular complexity index is 1080. The molecule has 2 aromatic rings. The summed E-state index contributed by atoms with van der Waals surface area (Å²) in [7, 11) is -3.98. The monoisotopic (exact) mass is 438 g/mol. The van der Waals surface area contributed by atoms with Gasteiger partial charge in [0.2, 0.25) is 0 Å². The molecule has 30 heavy (non-hydrogen) atoms. The second-order valence-electron chi connectivity index (χ2n) is 6.73. The third-order valence-electron chi connectivity index (χ3n) is 4.59. The van der Waals surface area contributed by atoms with E-state index in [1.54, 1.807) is 24.3 Å². The van der Waals surface area contributed by atoms with E-state index in [2.05, 4.69) is 4.98 Å². The van der Waals surface area contributed by atoms with Crippen molar-refractivity contribution in [1.29, 1.82) is 0 Å². The summed E-state index contributed by atoms with van der Waals surface area (Å²) in [5.74, 6) is -0.651. The maximum Gasteiger partial charge on any atom is 0.475 e. The molecule has 2 saturated heterocycles. The Kier molecular flexibility index (Phi) is 5.72. The first-order valence-electron chi connectivity index (χ1n) is 9.10. The number of benzene rings is 1. The number of nitrogens with one attached hydrogen (secondary N) is 1. The van der Waals surface area contributed by atoms with E-state index in [4.69, 9.17) is 23.0 Å². The number of ether oxygens (including phenoxy) is 2. The lowest BCUT2D eigenvalue weighted by Gasteiger charge is -2.31. The largest absolute Gasteiger partial charge is 0.475 e. The van der Waals surface area contributed by atoms with Crippen LogP contribution in [0.25, 0.3) is 0 Å². The van der Waals surface area contributed by atoms with Gasteiger partial charge < -0.3 is 9.47 Å². The Morgan fingerprint density at radius 3 is 2.73 bits per heavy atom. The lowest BCUT2D eigenvalue weighted by atomic mass is 10.1. The van der Waals surface area contributed by atoms with Gasteiger partial charge in [-0.1, -0.05) is 30.3 Å². The van der Waals surface area contributed by atoms with Crippen molar-refractivity contribution >= 4 is 13.8 Å². The highest BCUT2D eigenvalue weighted by atomic mass is 31.2. The summed E-state index contributed by atoms with van der Waals surface area (Å²) >= 11 is 0. The molecular weight excluding hydrogens is 419 g/mol. The maximum absolute atomic E-state index is 13.0. The average molecular weight is 438 g/mol. The minimum Gasteiger partial charge on any atom is -0.455 e. The highest BCUT2D eigenvalue weighted by Crippen LogP contribution is 2.57. The van der Waals surface area contributed by atoms with E-state index < -0.39 is 49.6 Å². The smallest absolute Gasteiger partial charge is 0.455 e. The van der Waals surface area contributed by atoms with Gasteiger partial charge in [0, 0.05) is 19.2 Å². The molecule has 0 amide bonds. The van der Waals surface area contributed by atoms with Crippen LogP contribution in [0.2, 0.25) is 0 Å². The summed E-state index contributed by atoms with van der Waals surface area (Å²) in [6.07, 6.45) is -2.80. The Morgan fingerprint density at radius 2 is 2.03 bits per heavy atom. The van der Waals surface area contributed by atoms with E-state index in [-0.39, 0.29) is 13.2 Å². The summed E-state index contributed by atoms with van der Waals surface area (Å²) in [4.78, 5) is 37.3. The van der Waals surface area contributed by atoms with Gasteiger partial charge in [-0.05, 0) is 5.56 Å². The molecule has 1 N–H and O–H groups in total. The molecule has 0 saturated carbocycles. The van der Waals surface area contributed by atoms with Crippen LogP contribution in [0.5, 0.6) is 0 Å². The van der Waals surface area contributed by atoms with Crippen molar-refractivity contribution in [2.24, 2.45) is 0 Å². The van der Waals surface area contributed by atoms with Crippen molar-refractivity contribution in [1.82, 2.24) is 9.55 Å². The predicted octanol–water partition coefficient (Wildman–Crippen LogP) is 1.11. The molecule has 0 spiro atoms. The van der Waals surface area contributed by atoms with Gasteiger partial charge in [0.05, 0.1) is 13.2 Å². The van der Waals surface area contributed by atoms with Gasteiger partial charge in [-0.15, -0.1) is 0 Å². The summed E-state index contributed by atoms with van der Waals surface area (Å²) in [5, 5.41) is 0. The molecule has 1 aromatic heterocycles. The Labute approximate surface area is 170 Å². The van der Waals surface area contributed by atoms with Crippen LogP contribution in [0, 0.1) is 0 Å². The molecule has 2 aliphatic heterocycles. The van der Waals surface area contributed by atoms with Crippen LogP contribution in [0.1, 0.15) is 18.7 Å². The molecule has 11 nitrogen and oxygen atoms in total. The van der Waals surface area contributed by atoms with Crippen LogP contribution >= 0.6 is 7.82 Å². The number of hydrogen-bond acceptors (Lipinski definition) is 9. The minimum absolute atomic E-state index is 0.0165. The molecule has 5 unspecified atom stereocenters. The van der Waals surface area contributed by atoms with Crippen molar-refractivity contribution in [2.45, 2.75) is 38.1 Å². The average Bonchev–Trinajstić information content (AvgIpc) is 3.04. The van der Waals surface area contributed by atoms with Crippen LogP contribution in [0.3, 0.4) is 0 Å². The molecule has 0 radical (unpaired) electrons. The molecule has 1 aromatic carbocycles. The normalized spacial score (nSPS) is 30.6. The lowest BCUT2D eigenvalue weighted by molar-refractivity contribution is -0.155. The molecule has 5 atom stereocenters. The third-order valence-corrected chi connectivity index (χ3v) is 6.01. The molecule has 0 aliphatic carbocycles. The van der Waals surface area contributed by atoms with E-state index >= 15 is 0 Å². The molecular formula is C18H19N2O9P. The van der Waals surface area contributed by atoms with Crippen molar-refractivity contribution in [3.63, 3.8) is 0 Å². The van der Waals surface area contributed by atoms with Gasteiger partial charge in [0.1, 0.15) is 12.2 Å². The van der Waals surface area contributed by atoms with Crippen LogP contribution in [-0.4, -0.2) is 40.4 Å². The Morgan fingerprint density at radius 1 is 1.27 bits per heavy atom. The molecule has 160 valence electrons. The zero-order chi connectivity index (χ0) is 21.3. The van der Waals surface area contributed by atoms with E-state index in [0.717, 1.165) is 16.2 Å². The number of nitrogens with zero attached hydrogens (tertiary/aromatic N) is 1. The van der Waals surface area contributed by atoms with Gasteiger partial charge in [-0.2, -0.15) is 0 Å². The number of phosphoric ester groups is 1. The first-order valence-corrected chi connectivity index (χ1v) is 10.6. The van der Waals surface area contributed by atoms with Crippen molar-refractivity contribution < 1.29 is 32.4 Å². The summed E-state index contributed by atoms with van der Waals surface area (Å²) in [6.45, 7) is 1.01. The number of H-pyrrole nitrogens is 1. The zero-order valence-electron chi connectivity index (χ0n) is 15.8. The van der Waals surface area contributed by atoms with E-state index in [0.29, 0.717) is 0 Å². The number of phosphoric acid groups is 1. The molecule has 12 heteroatoms. The van der Waals surface area contributed by atoms with Crippen LogP contribution in [-0.2, 0) is 39.0 Å². The fraction of sp³-hybridized carbons (Fsp3) is 0.389. The minimum atomic E-state index is -3.98. The van der Waals surface area contributed by atoms with Gasteiger partial charge in [0.15, 0.2) is 12.3 Å². The topological polar surface area (TPSA) is 135 Å². The maximum atomic E-state index is 13.0. The number of rotatable bonds is 5. The molecule has 2 fully saturated rings. The molecule has 0 bridgehead atoms. The van der Waals surface area contributed by atoms with Crippen LogP contribution in [0.15, 0.2) is 52.2 Å². The molecule has 4 rings (SSSR count). The molecule has 2 aliphatic rings. The van der Waals surface area contributed by atoms with Crippen molar-refractivity contribution in [2.75, 3.05) is 6.61 Å². The van der Waals surface area contributed by atoms with Crippen LogP contribution < -0.4 is 11.2 Å². The first kappa shape index (κ1) is 20.7. The van der Waals surface area contributed by atoms with E-state index in [1.165, 1.54) is 13.1 Å². The Hall–Kier alpha value is -2.56. The lowest BCUT2D eigenvalue weighted by Crippen LogP contribution is -2.43. The fourth-order valence-corrected chi connectivity index (χ4v) is 4.66. The van der Waals surface area contributed by atoms with E-state index in [1.807, 2.05) is 6.07 Å². The number of fused-ring (bicyclic) bond motifs is 1. The summed E-state index contributed by atoms with van der Waals surface area (Å²) in [6, 6.07) is 10.2. The van der Waals surface area contributed by atoms with Crippen molar-refractivity contribution in [3.05, 3.63) is 69.0 Å². The van der Waals surface area contributed by atoms with Gasteiger partial charge in [-0.3, -0.25) is 32.7 Å². The predicted molar refractivity (Wildman–Crippen MR) is 100 cm³/mol. The van der Waals surface area contributed by atoms with E-state index in [9.17, 15) is 18.9 Å². The highest BCUT2D eigenvalue weighted by Gasteiger charge is 2.55. The number of carbonyl (C=O) groups excluding carboxylic acids is 1. The number of hydrogen-bond donors (Lipinski definition) is 1. The quantitative estimate of drug-likeness (QED) is 0.538. The number of carbonyl (C=O) groups is 1. The fourth-order valence-electron chi connectivity index (χ4n) is 3.28. The third kappa shape index (κ3) is 4.30. The second-order valence-corrected chi connectivity index (χ2v) is 8.35. The second kappa shape index (κ2) is 8.29.